The lowest BCUT2D eigenvalue weighted by atomic mass is 10.1. The summed E-state index contributed by atoms with van der Waals surface area (Å²) < 4.78 is 5.10. The highest BCUT2D eigenvalue weighted by Crippen LogP contribution is 2.15. The molecule has 2 rings (SSSR count). The standard InChI is InChI=1S/C16H24N2O3/c1-21-12-14-5-2-4-13(8-14)9-17-16(20)10-18-7-3-6-15(18)11-19/h2,4-5,8,15,19H,3,6-7,9-12H2,1H3,(H,17,20). The molecule has 1 aliphatic heterocycles. The van der Waals surface area contributed by atoms with E-state index in [0.717, 1.165) is 30.5 Å². The van der Waals surface area contributed by atoms with Crippen molar-refractivity contribution in [3.8, 4) is 0 Å². The van der Waals surface area contributed by atoms with Crippen LogP contribution in [-0.4, -0.2) is 48.8 Å². The van der Waals surface area contributed by atoms with Crippen LogP contribution < -0.4 is 5.32 Å². The summed E-state index contributed by atoms with van der Waals surface area (Å²) in [5.41, 5.74) is 2.17. The number of benzene rings is 1. The zero-order valence-electron chi connectivity index (χ0n) is 12.5. The average Bonchev–Trinajstić information content (AvgIpc) is 2.93. The van der Waals surface area contributed by atoms with E-state index in [-0.39, 0.29) is 18.6 Å². The lowest BCUT2D eigenvalue weighted by Crippen LogP contribution is -2.40. The van der Waals surface area contributed by atoms with Crippen LogP contribution in [-0.2, 0) is 22.7 Å². The van der Waals surface area contributed by atoms with Gasteiger partial charge in [0, 0.05) is 19.7 Å². The molecule has 5 heteroatoms. The van der Waals surface area contributed by atoms with Crippen molar-refractivity contribution in [1.82, 2.24) is 10.2 Å². The predicted octanol–water partition coefficient (Wildman–Crippen LogP) is 0.906. The highest BCUT2D eigenvalue weighted by molar-refractivity contribution is 5.78. The van der Waals surface area contributed by atoms with E-state index >= 15 is 0 Å². The molecular formula is C16H24N2O3. The van der Waals surface area contributed by atoms with Crippen molar-refractivity contribution in [3.63, 3.8) is 0 Å². The first kappa shape index (κ1) is 15.9. The van der Waals surface area contributed by atoms with Crippen LogP contribution in [0.3, 0.4) is 0 Å². The first-order valence-corrected chi connectivity index (χ1v) is 7.41. The second kappa shape index (κ2) is 8.12. The quantitative estimate of drug-likeness (QED) is 0.784. The number of aliphatic hydroxyl groups excluding tert-OH is 1. The van der Waals surface area contributed by atoms with Crippen molar-refractivity contribution in [2.75, 3.05) is 26.8 Å². The Balaban J connectivity index is 1.79. The van der Waals surface area contributed by atoms with Gasteiger partial charge in [0.25, 0.3) is 0 Å². The number of carbonyl (C=O) groups is 1. The summed E-state index contributed by atoms with van der Waals surface area (Å²) in [6, 6.07) is 8.14. The van der Waals surface area contributed by atoms with Crippen LogP contribution in [0.15, 0.2) is 24.3 Å². The third kappa shape index (κ3) is 4.81. The van der Waals surface area contributed by atoms with Gasteiger partial charge in [0.15, 0.2) is 0 Å². The Morgan fingerprint density at radius 1 is 1.48 bits per heavy atom. The molecule has 0 saturated carbocycles. The number of amides is 1. The number of hydrogen-bond donors (Lipinski definition) is 2. The van der Waals surface area contributed by atoms with Gasteiger partial charge in [0.05, 0.1) is 19.8 Å². The fraction of sp³-hybridized carbons (Fsp3) is 0.562. The molecule has 21 heavy (non-hydrogen) atoms. The third-order valence-electron chi connectivity index (χ3n) is 3.85. The number of aliphatic hydroxyl groups is 1. The Morgan fingerprint density at radius 2 is 2.29 bits per heavy atom. The van der Waals surface area contributed by atoms with Crippen LogP contribution in [0.1, 0.15) is 24.0 Å². The maximum absolute atomic E-state index is 12.0. The number of likely N-dealkylation sites (tertiary alicyclic amines) is 1. The molecule has 5 nitrogen and oxygen atoms in total. The average molecular weight is 292 g/mol. The molecule has 0 aromatic heterocycles. The van der Waals surface area contributed by atoms with Gasteiger partial charge in [-0.25, -0.2) is 0 Å². The zero-order valence-corrected chi connectivity index (χ0v) is 12.5. The van der Waals surface area contributed by atoms with Gasteiger partial charge < -0.3 is 15.2 Å². The number of ether oxygens (including phenoxy) is 1. The van der Waals surface area contributed by atoms with E-state index in [1.807, 2.05) is 24.3 Å². The molecule has 1 saturated heterocycles. The minimum atomic E-state index is 0.00694. The van der Waals surface area contributed by atoms with Gasteiger partial charge in [-0.3, -0.25) is 9.69 Å². The lowest BCUT2D eigenvalue weighted by molar-refractivity contribution is -0.122. The summed E-state index contributed by atoms with van der Waals surface area (Å²) >= 11 is 0. The molecule has 0 aliphatic carbocycles. The minimum Gasteiger partial charge on any atom is -0.395 e. The van der Waals surface area contributed by atoms with Crippen LogP contribution in [0.4, 0.5) is 0 Å². The van der Waals surface area contributed by atoms with Gasteiger partial charge in [-0.05, 0) is 30.5 Å². The molecule has 1 heterocycles. The lowest BCUT2D eigenvalue weighted by Gasteiger charge is -2.21. The maximum atomic E-state index is 12.0. The van der Waals surface area contributed by atoms with Crippen LogP contribution in [0.2, 0.25) is 0 Å². The topological polar surface area (TPSA) is 61.8 Å². The maximum Gasteiger partial charge on any atom is 0.234 e. The predicted molar refractivity (Wildman–Crippen MR) is 80.7 cm³/mol. The summed E-state index contributed by atoms with van der Waals surface area (Å²) in [5, 5.41) is 12.2. The van der Waals surface area contributed by atoms with E-state index in [4.69, 9.17) is 4.74 Å². The molecule has 1 unspecified atom stereocenters. The third-order valence-corrected chi connectivity index (χ3v) is 3.85. The molecule has 0 radical (unpaired) electrons. The number of carbonyl (C=O) groups excluding carboxylic acids is 1. The van der Waals surface area contributed by atoms with Crippen molar-refractivity contribution in [2.24, 2.45) is 0 Å². The van der Waals surface area contributed by atoms with Gasteiger partial charge in [0.1, 0.15) is 0 Å². The second-order valence-corrected chi connectivity index (χ2v) is 5.48. The second-order valence-electron chi connectivity index (χ2n) is 5.48. The molecule has 1 fully saturated rings. The first-order valence-electron chi connectivity index (χ1n) is 7.41. The molecule has 0 bridgehead atoms. The smallest absolute Gasteiger partial charge is 0.234 e. The highest BCUT2D eigenvalue weighted by Gasteiger charge is 2.25. The number of rotatable bonds is 7. The van der Waals surface area contributed by atoms with Crippen molar-refractivity contribution >= 4 is 5.91 Å². The molecule has 0 spiro atoms. The molecule has 2 N–H and O–H groups in total. The summed E-state index contributed by atoms with van der Waals surface area (Å²) in [6.45, 7) is 2.49. The molecule has 1 aromatic rings. The number of nitrogens with zero attached hydrogens (tertiary/aromatic N) is 1. The SMILES string of the molecule is COCc1cccc(CNC(=O)CN2CCCC2CO)c1. The Labute approximate surface area is 125 Å². The van der Waals surface area contributed by atoms with Crippen LogP contribution >= 0.6 is 0 Å². The van der Waals surface area contributed by atoms with E-state index < -0.39 is 0 Å². The normalized spacial score (nSPS) is 18.9. The van der Waals surface area contributed by atoms with E-state index in [1.54, 1.807) is 7.11 Å². The summed E-state index contributed by atoms with van der Waals surface area (Å²) in [6.07, 6.45) is 2.03. The van der Waals surface area contributed by atoms with Gasteiger partial charge in [-0.1, -0.05) is 24.3 Å². The van der Waals surface area contributed by atoms with Crippen LogP contribution in [0, 0.1) is 0 Å². The Hall–Kier alpha value is -1.43. The molecule has 116 valence electrons. The fourth-order valence-electron chi connectivity index (χ4n) is 2.75. The van der Waals surface area contributed by atoms with E-state index in [2.05, 4.69) is 10.2 Å². The van der Waals surface area contributed by atoms with Crippen LogP contribution in [0.5, 0.6) is 0 Å². The highest BCUT2D eigenvalue weighted by atomic mass is 16.5. The molecular weight excluding hydrogens is 268 g/mol. The van der Waals surface area contributed by atoms with Crippen molar-refractivity contribution in [3.05, 3.63) is 35.4 Å². The number of nitrogens with one attached hydrogen (secondary N) is 1. The Kier molecular flexibility index (Phi) is 6.17. The first-order chi connectivity index (χ1) is 10.2. The Morgan fingerprint density at radius 3 is 3.05 bits per heavy atom. The summed E-state index contributed by atoms with van der Waals surface area (Å²) in [7, 11) is 1.67. The molecule has 1 aliphatic rings. The van der Waals surface area contributed by atoms with Gasteiger partial charge in [-0.15, -0.1) is 0 Å². The fourth-order valence-corrected chi connectivity index (χ4v) is 2.75. The molecule has 1 atom stereocenters. The minimum absolute atomic E-state index is 0.00694. The van der Waals surface area contributed by atoms with Crippen molar-refractivity contribution in [2.45, 2.75) is 32.0 Å². The van der Waals surface area contributed by atoms with E-state index in [0.29, 0.717) is 19.7 Å². The van der Waals surface area contributed by atoms with Crippen molar-refractivity contribution < 1.29 is 14.6 Å². The zero-order chi connectivity index (χ0) is 15.1. The van der Waals surface area contributed by atoms with Gasteiger partial charge in [-0.2, -0.15) is 0 Å². The monoisotopic (exact) mass is 292 g/mol. The number of hydrogen-bond acceptors (Lipinski definition) is 4. The van der Waals surface area contributed by atoms with Crippen molar-refractivity contribution in [1.29, 1.82) is 0 Å². The molecule has 1 amide bonds. The molecule has 1 aromatic carbocycles. The summed E-state index contributed by atoms with van der Waals surface area (Å²) in [4.78, 5) is 14.0. The summed E-state index contributed by atoms with van der Waals surface area (Å²) in [5.74, 6) is 0.00694. The largest absolute Gasteiger partial charge is 0.395 e. The Bertz CT molecular complexity index is 465. The van der Waals surface area contributed by atoms with E-state index in [9.17, 15) is 9.90 Å². The van der Waals surface area contributed by atoms with Gasteiger partial charge >= 0.3 is 0 Å². The van der Waals surface area contributed by atoms with Gasteiger partial charge in [0.2, 0.25) is 5.91 Å². The number of methoxy groups -OCH3 is 1. The van der Waals surface area contributed by atoms with Crippen LogP contribution in [0.25, 0.3) is 0 Å². The van der Waals surface area contributed by atoms with E-state index in [1.165, 1.54) is 0 Å².